The zero-order valence-electron chi connectivity index (χ0n) is 11.6. The van der Waals surface area contributed by atoms with Gasteiger partial charge >= 0.3 is 6.18 Å². The lowest BCUT2D eigenvalue weighted by atomic mass is 10.2. The fourth-order valence-electron chi connectivity index (χ4n) is 1.77. The molecule has 0 heterocycles. The molecular formula is C14H18F3NO3. The maximum atomic E-state index is 12.3. The van der Waals surface area contributed by atoms with Crippen LogP contribution in [0.5, 0.6) is 11.5 Å². The first-order valence-corrected chi connectivity index (χ1v) is 6.68. The minimum Gasteiger partial charge on any atom is -0.497 e. The number of aliphatic hydroxyl groups is 1. The summed E-state index contributed by atoms with van der Waals surface area (Å²) < 4.78 is 47.0. The molecule has 0 spiro atoms. The Kier molecular flexibility index (Phi) is 4.95. The Bertz CT molecular complexity index is 475. The van der Waals surface area contributed by atoms with Gasteiger partial charge in [-0.1, -0.05) is 0 Å². The quantitative estimate of drug-likeness (QED) is 0.811. The summed E-state index contributed by atoms with van der Waals surface area (Å²) in [5.41, 5.74) is 0.704. The van der Waals surface area contributed by atoms with Crippen molar-refractivity contribution in [1.29, 1.82) is 0 Å². The molecule has 0 saturated heterocycles. The van der Waals surface area contributed by atoms with E-state index in [2.05, 4.69) is 5.32 Å². The van der Waals surface area contributed by atoms with Gasteiger partial charge in [-0.25, -0.2) is 0 Å². The molecule has 4 nitrogen and oxygen atoms in total. The summed E-state index contributed by atoms with van der Waals surface area (Å²) >= 11 is 0. The van der Waals surface area contributed by atoms with Gasteiger partial charge in [0.05, 0.1) is 7.11 Å². The largest absolute Gasteiger partial charge is 0.497 e. The lowest BCUT2D eigenvalue weighted by Crippen LogP contribution is -2.34. The van der Waals surface area contributed by atoms with Crippen LogP contribution >= 0.6 is 0 Å². The molecule has 1 atom stereocenters. The van der Waals surface area contributed by atoms with Crippen LogP contribution in [0.2, 0.25) is 0 Å². The molecule has 0 bridgehead atoms. The van der Waals surface area contributed by atoms with Gasteiger partial charge in [-0.05, 0) is 31.0 Å². The van der Waals surface area contributed by atoms with Crippen molar-refractivity contribution in [2.24, 2.45) is 0 Å². The Balaban J connectivity index is 2.01. The fraction of sp³-hybridized carbons (Fsp3) is 0.571. The Hall–Kier alpha value is -1.47. The minimum absolute atomic E-state index is 0.312. The highest BCUT2D eigenvalue weighted by atomic mass is 19.4. The van der Waals surface area contributed by atoms with E-state index >= 15 is 0 Å². The Morgan fingerprint density at radius 1 is 1.38 bits per heavy atom. The third-order valence-corrected chi connectivity index (χ3v) is 3.20. The Morgan fingerprint density at radius 3 is 2.67 bits per heavy atom. The first-order valence-electron chi connectivity index (χ1n) is 6.68. The van der Waals surface area contributed by atoms with Gasteiger partial charge in [0, 0.05) is 18.2 Å². The van der Waals surface area contributed by atoms with Crippen molar-refractivity contribution < 1.29 is 27.8 Å². The van der Waals surface area contributed by atoms with Gasteiger partial charge in [-0.2, -0.15) is 13.2 Å². The molecule has 1 aliphatic carbocycles. The van der Waals surface area contributed by atoms with Gasteiger partial charge < -0.3 is 19.9 Å². The van der Waals surface area contributed by atoms with Crippen LogP contribution in [0.1, 0.15) is 18.4 Å². The van der Waals surface area contributed by atoms with E-state index < -0.39 is 18.9 Å². The molecule has 0 aromatic heterocycles. The van der Waals surface area contributed by atoms with E-state index in [4.69, 9.17) is 14.6 Å². The first kappa shape index (κ1) is 15.9. The van der Waals surface area contributed by atoms with Crippen molar-refractivity contribution in [3.8, 4) is 11.5 Å². The number of rotatable bonds is 7. The van der Waals surface area contributed by atoms with Crippen LogP contribution < -0.4 is 14.8 Å². The molecule has 1 aliphatic rings. The molecule has 0 radical (unpaired) electrons. The SMILES string of the molecule is COc1ccc(OCC(O)C(F)(F)F)c(CNC2CC2)c1. The van der Waals surface area contributed by atoms with E-state index in [0.29, 0.717) is 29.6 Å². The maximum absolute atomic E-state index is 12.3. The average Bonchev–Trinajstić information content (AvgIpc) is 3.25. The summed E-state index contributed by atoms with van der Waals surface area (Å²) in [6, 6.07) is 5.33. The fourth-order valence-corrected chi connectivity index (χ4v) is 1.77. The van der Waals surface area contributed by atoms with E-state index in [1.54, 1.807) is 18.2 Å². The number of halogens is 3. The van der Waals surface area contributed by atoms with Crippen molar-refractivity contribution in [3.63, 3.8) is 0 Å². The summed E-state index contributed by atoms with van der Waals surface area (Å²) in [4.78, 5) is 0. The zero-order valence-corrected chi connectivity index (χ0v) is 11.6. The monoisotopic (exact) mass is 305 g/mol. The van der Waals surface area contributed by atoms with Crippen molar-refractivity contribution in [2.75, 3.05) is 13.7 Å². The lowest BCUT2D eigenvalue weighted by molar-refractivity contribution is -0.210. The van der Waals surface area contributed by atoms with E-state index in [0.717, 1.165) is 12.8 Å². The molecule has 1 fully saturated rings. The predicted molar refractivity (Wildman–Crippen MR) is 70.4 cm³/mol. The number of hydrogen-bond acceptors (Lipinski definition) is 4. The molecule has 7 heteroatoms. The molecular weight excluding hydrogens is 287 g/mol. The van der Waals surface area contributed by atoms with Gasteiger partial charge in [-0.3, -0.25) is 0 Å². The van der Waals surface area contributed by atoms with E-state index in [-0.39, 0.29) is 0 Å². The highest BCUT2D eigenvalue weighted by Gasteiger charge is 2.38. The van der Waals surface area contributed by atoms with E-state index in [9.17, 15) is 13.2 Å². The third-order valence-electron chi connectivity index (χ3n) is 3.20. The Labute approximate surface area is 120 Å². The average molecular weight is 305 g/mol. The van der Waals surface area contributed by atoms with Crippen LogP contribution in [0.4, 0.5) is 13.2 Å². The number of alkyl halides is 3. The second kappa shape index (κ2) is 6.53. The molecule has 0 amide bonds. The van der Waals surface area contributed by atoms with Gasteiger partial charge in [0.25, 0.3) is 0 Å². The van der Waals surface area contributed by atoms with Crippen LogP contribution in [0, 0.1) is 0 Å². The van der Waals surface area contributed by atoms with Crippen molar-refractivity contribution in [1.82, 2.24) is 5.32 Å². The van der Waals surface area contributed by atoms with Gasteiger partial charge in [-0.15, -0.1) is 0 Å². The standard InChI is InChI=1S/C14H18F3NO3/c1-20-11-4-5-12(21-8-13(19)14(15,16)17)9(6-11)7-18-10-2-3-10/h4-6,10,13,18-19H,2-3,7-8H2,1H3. The summed E-state index contributed by atoms with van der Waals surface area (Å²) in [6.07, 6.45) is -4.97. The van der Waals surface area contributed by atoms with E-state index in [1.165, 1.54) is 7.11 Å². The first-order chi connectivity index (χ1) is 9.90. The molecule has 1 aromatic rings. The third kappa shape index (κ3) is 4.78. The molecule has 0 aliphatic heterocycles. The molecule has 1 aromatic carbocycles. The van der Waals surface area contributed by atoms with Crippen LogP contribution in [0.3, 0.4) is 0 Å². The van der Waals surface area contributed by atoms with Crippen LogP contribution in [0.15, 0.2) is 18.2 Å². The van der Waals surface area contributed by atoms with Gasteiger partial charge in [0.15, 0.2) is 6.10 Å². The van der Waals surface area contributed by atoms with Gasteiger partial charge in [0.1, 0.15) is 18.1 Å². The van der Waals surface area contributed by atoms with E-state index in [1.807, 2.05) is 0 Å². The lowest BCUT2D eigenvalue weighted by Gasteiger charge is -2.17. The second-order valence-corrected chi connectivity index (χ2v) is 5.00. The molecule has 2 N–H and O–H groups in total. The second-order valence-electron chi connectivity index (χ2n) is 5.00. The number of ether oxygens (including phenoxy) is 2. The highest BCUT2D eigenvalue weighted by molar-refractivity contribution is 5.40. The maximum Gasteiger partial charge on any atom is 0.417 e. The summed E-state index contributed by atoms with van der Waals surface area (Å²) in [5.74, 6) is 0.915. The summed E-state index contributed by atoms with van der Waals surface area (Å²) in [7, 11) is 1.52. The number of nitrogens with one attached hydrogen (secondary N) is 1. The smallest absolute Gasteiger partial charge is 0.417 e. The Morgan fingerprint density at radius 2 is 2.10 bits per heavy atom. The van der Waals surface area contributed by atoms with Crippen LogP contribution in [-0.4, -0.2) is 37.1 Å². The van der Waals surface area contributed by atoms with Crippen molar-refractivity contribution in [3.05, 3.63) is 23.8 Å². The minimum atomic E-state index is -4.68. The molecule has 2 rings (SSSR count). The molecule has 21 heavy (non-hydrogen) atoms. The number of aliphatic hydroxyl groups excluding tert-OH is 1. The van der Waals surface area contributed by atoms with Crippen molar-refractivity contribution in [2.45, 2.75) is 37.7 Å². The summed E-state index contributed by atoms with van der Waals surface area (Å²) in [5, 5.41) is 12.2. The zero-order chi connectivity index (χ0) is 15.5. The molecule has 1 unspecified atom stereocenters. The molecule has 1 saturated carbocycles. The van der Waals surface area contributed by atoms with Crippen LogP contribution in [0.25, 0.3) is 0 Å². The molecule has 118 valence electrons. The van der Waals surface area contributed by atoms with Crippen molar-refractivity contribution >= 4 is 0 Å². The number of hydrogen-bond donors (Lipinski definition) is 2. The predicted octanol–water partition coefficient (Wildman–Crippen LogP) is 2.25. The van der Waals surface area contributed by atoms with Crippen LogP contribution in [-0.2, 0) is 6.54 Å². The highest BCUT2D eigenvalue weighted by Crippen LogP contribution is 2.27. The van der Waals surface area contributed by atoms with Gasteiger partial charge in [0.2, 0.25) is 0 Å². The topological polar surface area (TPSA) is 50.7 Å². The number of benzene rings is 1. The number of methoxy groups -OCH3 is 1. The summed E-state index contributed by atoms with van der Waals surface area (Å²) in [6.45, 7) is -0.342. The normalized spacial score (nSPS) is 16.6.